The highest BCUT2D eigenvalue weighted by atomic mass is 32.1. The van der Waals surface area contributed by atoms with Crippen LogP contribution in [-0.2, 0) is 0 Å². The standard InChI is InChI=1S/C48H28N4S2/c1-3-12-30(13-4-1)45-50-46(31-24-22-29(23-25-31)38-26-33-16-7-8-17-34(33)35-18-9-10-19-36(35)38)52-47(51-45)37-20-11-21-41-44(37)39-27-43-40(28-42(39)53-41)49-48(54-43)32-14-5-2-6-15-32/h1-28H. The second kappa shape index (κ2) is 12.5. The van der Waals surface area contributed by atoms with Crippen molar-refractivity contribution >= 4 is 74.6 Å². The maximum absolute atomic E-state index is 5.21. The average molecular weight is 725 g/mol. The normalized spacial score (nSPS) is 11.7. The van der Waals surface area contributed by atoms with Gasteiger partial charge in [-0.25, -0.2) is 19.9 Å². The van der Waals surface area contributed by atoms with Crippen molar-refractivity contribution < 1.29 is 0 Å². The molecular weight excluding hydrogens is 697 g/mol. The highest BCUT2D eigenvalue weighted by molar-refractivity contribution is 7.26. The lowest BCUT2D eigenvalue weighted by atomic mass is 9.93. The SMILES string of the molecule is c1ccc(-c2nc(-c3ccc(-c4cc5ccccc5c5ccccc45)cc3)nc(-c3cccc4sc5cc6nc(-c7ccccc7)sc6cc5c34)n2)cc1. The predicted octanol–water partition coefficient (Wildman–Crippen LogP) is 13.5. The molecule has 0 spiro atoms. The first-order chi connectivity index (χ1) is 26.7. The summed E-state index contributed by atoms with van der Waals surface area (Å²) in [4.78, 5) is 20.4. The van der Waals surface area contributed by atoms with Crippen molar-refractivity contribution in [2.45, 2.75) is 0 Å². The zero-order chi connectivity index (χ0) is 35.6. The van der Waals surface area contributed by atoms with E-state index < -0.39 is 0 Å². The van der Waals surface area contributed by atoms with E-state index in [1.807, 2.05) is 24.3 Å². The predicted molar refractivity (Wildman–Crippen MR) is 228 cm³/mol. The zero-order valence-corrected chi connectivity index (χ0v) is 30.4. The molecule has 0 amide bonds. The van der Waals surface area contributed by atoms with Crippen LogP contribution in [0.4, 0.5) is 0 Å². The van der Waals surface area contributed by atoms with Crippen molar-refractivity contribution in [3.8, 4) is 55.9 Å². The van der Waals surface area contributed by atoms with Gasteiger partial charge in [-0.2, -0.15) is 0 Å². The lowest BCUT2D eigenvalue weighted by Gasteiger charge is -2.12. The molecule has 0 unspecified atom stereocenters. The second-order valence-electron chi connectivity index (χ2n) is 13.4. The molecule has 11 aromatic rings. The van der Waals surface area contributed by atoms with E-state index in [1.54, 1.807) is 22.7 Å². The van der Waals surface area contributed by atoms with E-state index in [0.29, 0.717) is 17.5 Å². The number of aromatic nitrogens is 4. The van der Waals surface area contributed by atoms with Gasteiger partial charge in [0.1, 0.15) is 5.01 Å². The highest BCUT2D eigenvalue weighted by Gasteiger charge is 2.19. The molecule has 6 heteroatoms. The monoisotopic (exact) mass is 724 g/mol. The van der Waals surface area contributed by atoms with Gasteiger partial charge in [-0.1, -0.05) is 146 Å². The van der Waals surface area contributed by atoms with Crippen molar-refractivity contribution in [3.05, 3.63) is 170 Å². The van der Waals surface area contributed by atoms with Crippen LogP contribution in [0.2, 0.25) is 0 Å². The van der Waals surface area contributed by atoms with Crippen LogP contribution in [-0.4, -0.2) is 19.9 Å². The van der Waals surface area contributed by atoms with Crippen LogP contribution in [0.3, 0.4) is 0 Å². The van der Waals surface area contributed by atoms with E-state index in [1.165, 1.54) is 41.9 Å². The Morgan fingerprint density at radius 3 is 1.74 bits per heavy atom. The molecule has 0 aliphatic heterocycles. The smallest absolute Gasteiger partial charge is 0.164 e. The third-order valence-electron chi connectivity index (χ3n) is 10.2. The van der Waals surface area contributed by atoms with Crippen LogP contribution in [0.25, 0.3) is 108 Å². The number of fused-ring (bicyclic) bond motifs is 7. The molecular formula is C48H28N4S2. The number of thiazole rings is 1. The van der Waals surface area contributed by atoms with Crippen molar-refractivity contribution in [3.63, 3.8) is 0 Å². The Kier molecular flexibility index (Phi) is 7.18. The Labute approximate surface area is 318 Å². The molecule has 0 aliphatic rings. The maximum Gasteiger partial charge on any atom is 0.164 e. The van der Waals surface area contributed by atoms with Crippen molar-refractivity contribution in [1.82, 2.24) is 19.9 Å². The molecule has 0 saturated heterocycles. The van der Waals surface area contributed by atoms with Gasteiger partial charge in [0.25, 0.3) is 0 Å². The number of thiophene rings is 1. The van der Waals surface area contributed by atoms with E-state index in [9.17, 15) is 0 Å². The van der Waals surface area contributed by atoms with Gasteiger partial charge < -0.3 is 0 Å². The number of nitrogens with zero attached hydrogens (tertiary/aromatic N) is 4. The Bertz CT molecular complexity index is 3200. The van der Waals surface area contributed by atoms with Gasteiger partial charge in [0.2, 0.25) is 0 Å². The fraction of sp³-hybridized carbons (Fsp3) is 0. The second-order valence-corrected chi connectivity index (χ2v) is 15.5. The van der Waals surface area contributed by atoms with Gasteiger partial charge in [-0.15, -0.1) is 22.7 Å². The molecule has 0 radical (unpaired) electrons. The van der Waals surface area contributed by atoms with Crippen LogP contribution in [0.15, 0.2) is 170 Å². The summed E-state index contributed by atoms with van der Waals surface area (Å²) in [6.45, 7) is 0. The van der Waals surface area contributed by atoms with E-state index in [2.05, 4.69) is 146 Å². The molecule has 0 aliphatic carbocycles. The van der Waals surface area contributed by atoms with Crippen molar-refractivity contribution in [2.24, 2.45) is 0 Å². The fourth-order valence-corrected chi connectivity index (χ4v) is 9.71. The van der Waals surface area contributed by atoms with Gasteiger partial charge in [0.15, 0.2) is 17.5 Å². The highest BCUT2D eigenvalue weighted by Crippen LogP contribution is 2.43. The van der Waals surface area contributed by atoms with Crippen LogP contribution < -0.4 is 0 Å². The molecule has 0 atom stereocenters. The molecule has 0 saturated carbocycles. The molecule has 8 aromatic carbocycles. The van der Waals surface area contributed by atoms with E-state index in [4.69, 9.17) is 19.9 Å². The molecule has 3 aromatic heterocycles. The fourth-order valence-electron chi connectivity index (χ4n) is 7.57. The molecule has 3 heterocycles. The first-order valence-electron chi connectivity index (χ1n) is 17.9. The minimum Gasteiger partial charge on any atom is -0.236 e. The first kappa shape index (κ1) is 31.0. The minimum atomic E-state index is 0.641. The zero-order valence-electron chi connectivity index (χ0n) is 28.8. The van der Waals surface area contributed by atoms with Crippen LogP contribution >= 0.6 is 22.7 Å². The molecule has 4 nitrogen and oxygen atoms in total. The molecule has 54 heavy (non-hydrogen) atoms. The van der Waals surface area contributed by atoms with Crippen LogP contribution in [0.1, 0.15) is 0 Å². The Balaban J connectivity index is 1.06. The summed E-state index contributed by atoms with van der Waals surface area (Å²) < 4.78 is 3.55. The molecule has 11 rings (SSSR count). The van der Waals surface area contributed by atoms with E-state index in [0.717, 1.165) is 48.4 Å². The lowest BCUT2D eigenvalue weighted by Crippen LogP contribution is -2.00. The minimum absolute atomic E-state index is 0.641. The van der Waals surface area contributed by atoms with Crippen LogP contribution in [0, 0.1) is 0 Å². The topological polar surface area (TPSA) is 51.6 Å². The van der Waals surface area contributed by atoms with Gasteiger partial charge >= 0.3 is 0 Å². The summed E-state index contributed by atoms with van der Waals surface area (Å²) in [5.41, 5.74) is 7.39. The molecule has 0 N–H and O–H groups in total. The summed E-state index contributed by atoms with van der Waals surface area (Å²) in [5, 5.41) is 8.37. The van der Waals surface area contributed by atoms with Gasteiger partial charge in [-0.3, -0.25) is 0 Å². The summed E-state index contributed by atoms with van der Waals surface area (Å²) in [7, 11) is 0. The third-order valence-corrected chi connectivity index (χ3v) is 12.3. The Hall–Kier alpha value is -6.60. The first-order valence-corrected chi connectivity index (χ1v) is 19.5. The van der Waals surface area contributed by atoms with E-state index >= 15 is 0 Å². The maximum atomic E-state index is 5.21. The molecule has 0 bridgehead atoms. The van der Waals surface area contributed by atoms with Gasteiger partial charge in [0.05, 0.1) is 10.2 Å². The quantitative estimate of drug-likeness (QED) is 0.166. The summed E-state index contributed by atoms with van der Waals surface area (Å²) in [5.74, 6) is 1.94. The van der Waals surface area contributed by atoms with Crippen molar-refractivity contribution in [1.29, 1.82) is 0 Å². The number of benzene rings is 8. The van der Waals surface area contributed by atoms with Crippen LogP contribution in [0.5, 0.6) is 0 Å². The average Bonchev–Trinajstić information content (AvgIpc) is 3.83. The molecule has 252 valence electrons. The third kappa shape index (κ3) is 5.18. The summed E-state index contributed by atoms with van der Waals surface area (Å²) in [6, 6.07) is 59.8. The van der Waals surface area contributed by atoms with Gasteiger partial charge in [-0.05, 0) is 56.9 Å². The summed E-state index contributed by atoms with van der Waals surface area (Å²) >= 11 is 3.52. The molecule has 0 fully saturated rings. The lowest BCUT2D eigenvalue weighted by molar-refractivity contribution is 1.08. The van der Waals surface area contributed by atoms with Crippen molar-refractivity contribution in [2.75, 3.05) is 0 Å². The Morgan fingerprint density at radius 2 is 0.963 bits per heavy atom. The number of rotatable bonds is 5. The summed E-state index contributed by atoms with van der Waals surface area (Å²) in [6.07, 6.45) is 0. The largest absolute Gasteiger partial charge is 0.236 e. The number of hydrogen-bond donors (Lipinski definition) is 0. The van der Waals surface area contributed by atoms with E-state index in [-0.39, 0.29) is 0 Å². The van der Waals surface area contributed by atoms with Gasteiger partial charge in [0, 0.05) is 42.4 Å². The Morgan fingerprint density at radius 1 is 0.333 bits per heavy atom. The number of hydrogen-bond acceptors (Lipinski definition) is 6.